The van der Waals surface area contributed by atoms with E-state index in [0.29, 0.717) is 0 Å². The Balaban J connectivity index is -0.000000213. The van der Waals surface area contributed by atoms with Crippen LogP contribution in [0.4, 0.5) is 0 Å². The van der Waals surface area contributed by atoms with Crippen LogP contribution in [-0.2, 0) is 39.5 Å². The van der Waals surface area contributed by atoms with Crippen LogP contribution in [0.1, 0.15) is 62.3 Å². The van der Waals surface area contributed by atoms with E-state index in [2.05, 4.69) is 0 Å². The molecule has 0 aliphatic carbocycles. The van der Waals surface area contributed by atoms with Gasteiger partial charge in [0, 0.05) is 26.2 Å². The van der Waals surface area contributed by atoms with Crippen molar-refractivity contribution in [2.24, 2.45) is 0 Å². The summed E-state index contributed by atoms with van der Waals surface area (Å²) in [6.07, 6.45) is 0. The van der Waals surface area contributed by atoms with Crippen LogP contribution in [0.15, 0.2) is 0 Å². The van der Waals surface area contributed by atoms with Gasteiger partial charge >= 0.3 is 9.05 Å². The maximum atomic E-state index is 10.5. The van der Waals surface area contributed by atoms with Crippen LogP contribution < -0.4 is 0 Å². The molecule has 21 heavy (non-hydrogen) atoms. The molecule has 0 fully saturated rings. The third-order valence-electron chi connectivity index (χ3n) is 1.31. The van der Waals surface area contributed by atoms with E-state index in [0.717, 1.165) is 0 Å². The molecule has 0 aromatic heterocycles. The predicted octanol–water partition coefficient (Wildman–Crippen LogP) is 0.383. The van der Waals surface area contributed by atoms with Crippen LogP contribution in [0.5, 0.6) is 0 Å². The van der Waals surface area contributed by atoms with Gasteiger partial charge in [0.05, 0.1) is 16.8 Å². The normalized spacial score (nSPS) is 12.3. The molecule has 0 spiro atoms. The fourth-order valence-corrected chi connectivity index (χ4v) is 3.67. The molecule has 0 unspecified atom stereocenters. The van der Waals surface area contributed by atoms with Crippen molar-refractivity contribution < 1.29 is 60.7 Å². The van der Waals surface area contributed by atoms with E-state index < -0.39 is 25.9 Å². The summed E-state index contributed by atoms with van der Waals surface area (Å²) in [6.45, 7) is 16.8. The van der Waals surface area contributed by atoms with Crippen molar-refractivity contribution in [1.29, 1.82) is 0 Å². The van der Waals surface area contributed by atoms with Gasteiger partial charge in [-0.3, -0.25) is 0 Å². The van der Waals surface area contributed by atoms with Crippen LogP contribution in [0.2, 0.25) is 0 Å². The quantitative estimate of drug-likeness (QED) is 0.672. The average molecular weight is 410 g/mol. The molecule has 0 aromatic carbocycles. The topological polar surface area (TPSA) is 142 Å². The standard InChI is InChI=1S/C12H28O4Si.3H2O.Zr/c1-10(2,3)14-17(13,15-11(4,5)6)16-12(7,8)9;;;;/h13H,1-9H3;3*1H2;. The van der Waals surface area contributed by atoms with E-state index in [1.54, 1.807) is 0 Å². The predicted molar refractivity (Wildman–Crippen MR) is 81.3 cm³/mol. The average Bonchev–Trinajstić information content (AvgIpc) is 1.65. The van der Waals surface area contributed by atoms with Crippen LogP contribution in [0.25, 0.3) is 0 Å². The summed E-state index contributed by atoms with van der Waals surface area (Å²) in [5, 5.41) is 0. The maximum absolute atomic E-state index is 10.5. The molecule has 7 nitrogen and oxygen atoms in total. The van der Waals surface area contributed by atoms with E-state index in [4.69, 9.17) is 13.3 Å². The summed E-state index contributed by atoms with van der Waals surface area (Å²) in [4.78, 5) is 10.5. The number of hydrogen-bond donors (Lipinski definition) is 1. The van der Waals surface area contributed by atoms with Crippen LogP contribution in [0.3, 0.4) is 0 Å². The molecule has 0 bridgehead atoms. The summed E-state index contributed by atoms with van der Waals surface area (Å²) in [5.41, 5.74) is -1.55. The van der Waals surface area contributed by atoms with Gasteiger partial charge in [-0.15, -0.1) is 0 Å². The molecule has 0 atom stereocenters. The molecule has 0 radical (unpaired) electrons. The van der Waals surface area contributed by atoms with E-state index in [1.807, 2.05) is 62.3 Å². The van der Waals surface area contributed by atoms with Crippen LogP contribution >= 0.6 is 0 Å². The molecule has 0 amide bonds. The molecule has 0 aliphatic heterocycles. The monoisotopic (exact) mass is 408 g/mol. The molecule has 0 saturated carbocycles. The van der Waals surface area contributed by atoms with Crippen molar-refractivity contribution in [3.8, 4) is 0 Å². The van der Waals surface area contributed by atoms with Gasteiger partial charge in [-0.1, -0.05) is 0 Å². The Morgan fingerprint density at radius 1 is 0.571 bits per heavy atom. The minimum Gasteiger partial charge on any atom is -0.412 e. The van der Waals surface area contributed by atoms with E-state index in [1.165, 1.54) is 0 Å². The van der Waals surface area contributed by atoms with Gasteiger partial charge in [-0.05, 0) is 62.3 Å². The first kappa shape index (κ1) is 33.4. The first-order valence-corrected chi connectivity index (χ1v) is 7.62. The Kier molecular flexibility index (Phi) is 16.8. The zero-order valence-electron chi connectivity index (χ0n) is 14.7. The zero-order valence-corrected chi connectivity index (χ0v) is 18.1. The Hall–Kier alpha value is 0.820. The minimum atomic E-state index is -3.66. The first-order chi connectivity index (χ1) is 7.12. The van der Waals surface area contributed by atoms with Crippen LogP contribution in [0, 0.1) is 0 Å². The molecule has 0 heterocycles. The molecular formula is C12H34O7SiZr. The van der Waals surface area contributed by atoms with Crippen molar-refractivity contribution in [3.05, 3.63) is 0 Å². The van der Waals surface area contributed by atoms with Crippen molar-refractivity contribution >= 4 is 9.05 Å². The molecular weight excluding hydrogens is 375 g/mol. The Bertz CT molecular complexity index is 215. The smallest absolute Gasteiger partial charge is 0.412 e. The number of hydrogen-bond acceptors (Lipinski definition) is 4. The van der Waals surface area contributed by atoms with Crippen LogP contribution in [-0.4, -0.2) is 47.1 Å². The SMILES string of the molecule is CC(C)(C)O[Si](O)(OC(C)(C)C)OC(C)(C)C.O.O.O.[Zr]. The first-order valence-electron chi connectivity index (χ1n) is 5.95. The minimum absolute atomic E-state index is 0. The van der Waals surface area contributed by atoms with Crippen molar-refractivity contribution in [3.63, 3.8) is 0 Å². The second-order valence-electron chi connectivity index (χ2n) is 7.17. The fraction of sp³-hybridized carbons (Fsp3) is 1.00. The molecule has 0 saturated heterocycles. The van der Waals surface area contributed by atoms with Crippen molar-refractivity contribution in [2.75, 3.05) is 0 Å². The summed E-state index contributed by atoms with van der Waals surface area (Å²) in [7, 11) is -3.66. The largest absolute Gasteiger partial charge is 0.678 e. The van der Waals surface area contributed by atoms with Crippen molar-refractivity contribution in [2.45, 2.75) is 79.1 Å². The Morgan fingerprint density at radius 3 is 0.810 bits per heavy atom. The molecule has 0 aromatic rings. The zero-order chi connectivity index (χ0) is 14.1. The number of rotatable bonds is 3. The van der Waals surface area contributed by atoms with E-state index >= 15 is 0 Å². The summed E-state index contributed by atoms with van der Waals surface area (Å²) < 4.78 is 16.9. The van der Waals surface area contributed by atoms with Gasteiger partial charge < -0.3 is 34.5 Å². The summed E-state index contributed by atoms with van der Waals surface area (Å²) >= 11 is 0. The van der Waals surface area contributed by atoms with Gasteiger partial charge in [0.2, 0.25) is 0 Å². The second-order valence-corrected chi connectivity index (χ2v) is 8.83. The summed E-state index contributed by atoms with van der Waals surface area (Å²) in [6, 6.07) is 0. The molecule has 7 N–H and O–H groups in total. The molecule has 0 aliphatic rings. The third-order valence-corrected chi connectivity index (χ3v) is 3.92. The Labute approximate surface area is 148 Å². The fourth-order valence-electron chi connectivity index (χ4n) is 1.22. The molecule has 0 rings (SSSR count). The Morgan fingerprint density at radius 2 is 0.714 bits per heavy atom. The van der Waals surface area contributed by atoms with Gasteiger partial charge in [-0.2, -0.15) is 0 Å². The third kappa shape index (κ3) is 20.8. The van der Waals surface area contributed by atoms with Gasteiger partial charge in [-0.25, -0.2) is 0 Å². The molecule has 132 valence electrons. The molecule has 9 heteroatoms. The van der Waals surface area contributed by atoms with E-state index in [9.17, 15) is 4.80 Å². The summed E-state index contributed by atoms with van der Waals surface area (Å²) in [5.74, 6) is 0. The van der Waals surface area contributed by atoms with Crippen molar-refractivity contribution in [1.82, 2.24) is 0 Å². The van der Waals surface area contributed by atoms with E-state index in [-0.39, 0.29) is 42.6 Å². The van der Waals surface area contributed by atoms with Gasteiger partial charge in [0.25, 0.3) is 0 Å². The van der Waals surface area contributed by atoms with Gasteiger partial charge in [0.1, 0.15) is 0 Å². The maximum Gasteiger partial charge on any atom is 0.678 e. The van der Waals surface area contributed by atoms with Gasteiger partial charge in [0.15, 0.2) is 0 Å². The second kappa shape index (κ2) is 10.6.